The fraction of sp³-hybridized carbons (Fsp3) is 0.583. The predicted octanol–water partition coefficient (Wildman–Crippen LogP) is 2.18. The molecule has 0 aliphatic heterocycles. The number of pyridine rings is 1. The van der Waals surface area contributed by atoms with Gasteiger partial charge < -0.3 is 5.32 Å². The van der Waals surface area contributed by atoms with Crippen LogP contribution in [0.15, 0.2) is 18.3 Å². The zero-order valence-corrected chi connectivity index (χ0v) is 9.54. The second-order valence-electron chi connectivity index (χ2n) is 4.17. The quantitative estimate of drug-likeness (QED) is 0.791. The van der Waals surface area contributed by atoms with Gasteiger partial charge in [-0.1, -0.05) is 19.9 Å². The van der Waals surface area contributed by atoms with Crippen molar-refractivity contribution in [2.24, 2.45) is 5.92 Å². The molecule has 1 heterocycles. The summed E-state index contributed by atoms with van der Waals surface area (Å²) in [5.41, 5.74) is 2.39. The van der Waals surface area contributed by atoms with Crippen molar-refractivity contribution >= 4 is 0 Å². The third kappa shape index (κ3) is 3.11. The van der Waals surface area contributed by atoms with Crippen LogP contribution in [-0.4, -0.2) is 18.1 Å². The topological polar surface area (TPSA) is 24.9 Å². The molecule has 0 spiro atoms. The van der Waals surface area contributed by atoms with E-state index in [0.29, 0.717) is 12.0 Å². The molecule has 1 rings (SSSR count). The third-order valence-corrected chi connectivity index (χ3v) is 2.58. The van der Waals surface area contributed by atoms with Crippen LogP contribution in [-0.2, 0) is 6.42 Å². The standard InChI is InChI=1S/C12H20N2/c1-9(2)12(13-4)7-11-6-5-10(3)8-14-11/h5-6,8-9,12-13H,7H2,1-4H3. The Morgan fingerprint density at radius 3 is 2.50 bits per heavy atom. The van der Waals surface area contributed by atoms with Crippen molar-refractivity contribution in [2.75, 3.05) is 7.05 Å². The number of hydrogen-bond donors (Lipinski definition) is 1. The number of aryl methyl sites for hydroxylation is 1. The van der Waals surface area contributed by atoms with E-state index < -0.39 is 0 Å². The van der Waals surface area contributed by atoms with Crippen molar-refractivity contribution in [1.82, 2.24) is 10.3 Å². The maximum Gasteiger partial charge on any atom is 0.0419 e. The molecular formula is C12H20N2. The van der Waals surface area contributed by atoms with Gasteiger partial charge in [0.05, 0.1) is 0 Å². The normalized spacial score (nSPS) is 13.2. The Labute approximate surface area is 86.8 Å². The van der Waals surface area contributed by atoms with Crippen molar-refractivity contribution in [2.45, 2.75) is 33.2 Å². The van der Waals surface area contributed by atoms with Crippen molar-refractivity contribution < 1.29 is 0 Å². The maximum absolute atomic E-state index is 4.41. The van der Waals surface area contributed by atoms with Gasteiger partial charge in [0.25, 0.3) is 0 Å². The highest BCUT2D eigenvalue weighted by Crippen LogP contribution is 2.08. The first-order valence-corrected chi connectivity index (χ1v) is 5.22. The highest BCUT2D eigenvalue weighted by Gasteiger charge is 2.11. The van der Waals surface area contributed by atoms with Gasteiger partial charge in [0.1, 0.15) is 0 Å². The van der Waals surface area contributed by atoms with Crippen LogP contribution in [0.25, 0.3) is 0 Å². The summed E-state index contributed by atoms with van der Waals surface area (Å²) in [6.07, 6.45) is 2.94. The van der Waals surface area contributed by atoms with Gasteiger partial charge >= 0.3 is 0 Å². The van der Waals surface area contributed by atoms with Crippen molar-refractivity contribution in [3.8, 4) is 0 Å². The first kappa shape index (κ1) is 11.2. The zero-order chi connectivity index (χ0) is 10.6. The minimum Gasteiger partial charge on any atom is -0.316 e. The minimum atomic E-state index is 0.519. The summed E-state index contributed by atoms with van der Waals surface area (Å²) < 4.78 is 0. The molecule has 2 nitrogen and oxygen atoms in total. The maximum atomic E-state index is 4.41. The first-order valence-electron chi connectivity index (χ1n) is 5.22. The molecule has 0 aliphatic rings. The van der Waals surface area contributed by atoms with E-state index in [1.54, 1.807) is 0 Å². The molecule has 0 aliphatic carbocycles. The Morgan fingerprint density at radius 1 is 1.36 bits per heavy atom. The molecule has 0 bridgehead atoms. The molecule has 0 fully saturated rings. The molecule has 1 N–H and O–H groups in total. The fourth-order valence-electron chi connectivity index (χ4n) is 1.52. The molecule has 0 radical (unpaired) electrons. The summed E-state index contributed by atoms with van der Waals surface area (Å²) in [5, 5.41) is 3.32. The molecule has 0 saturated heterocycles. The molecule has 14 heavy (non-hydrogen) atoms. The van der Waals surface area contributed by atoms with Gasteiger partial charge in [0.2, 0.25) is 0 Å². The van der Waals surface area contributed by atoms with Gasteiger partial charge in [0, 0.05) is 24.4 Å². The van der Waals surface area contributed by atoms with Gasteiger partial charge in [-0.2, -0.15) is 0 Å². The smallest absolute Gasteiger partial charge is 0.0419 e. The average Bonchev–Trinajstić information content (AvgIpc) is 2.16. The largest absolute Gasteiger partial charge is 0.316 e. The van der Waals surface area contributed by atoms with Crippen LogP contribution in [0.2, 0.25) is 0 Å². The van der Waals surface area contributed by atoms with E-state index in [2.05, 4.69) is 43.2 Å². The molecule has 1 atom stereocenters. The number of nitrogens with one attached hydrogen (secondary N) is 1. The predicted molar refractivity (Wildman–Crippen MR) is 60.4 cm³/mol. The SMILES string of the molecule is CNC(Cc1ccc(C)cn1)C(C)C. The molecule has 0 aromatic carbocycles. The lowest BCUT2D eigenvalue weighted by Crippen LogP contribution is -2.32. The van der Waals surface area contributed by atoms with Gasteiger partial charge in [-0.05, 0) is 31.5 Å². The van der Waals surface area contributed by atoms with E-state index in [4.69, 9.17) is 0 Å². The lowest BCUT2D eigenvalue weighted by molar-refractivity contribution is 0.421. The Kier molecular flexibility index (Phi) is 4.08. The highest BCUT2D eigenvalue weighted by molar-refractivity contribution is 5.13. The number of aromatic nitrogens is 1. The summed E-state index contributed by atoms with van der Waals surface area (Å²) in [5.74, 6) is 0.642. The minimum absolute atomic E-state index is 0.519. The summed E-state index contributed by atoms with van der Waals surface area (Å²) in [7, 11) is 2.01. The monoisotopic (exact) mass is 192 g/mol. The molecule has 2 heteroatoms. The van der Waals surface area contributed by atoms with Gasteiger partial charge in [-0.3, -0.25) is 4.98 Å². The Balaban J connectivity index is 2.63. The summed E-state index contributed by atoms with van der Waals surface area (Å²) in [4.78, 5) is 4.41. The van der Waals surface area contributed by atoms with Crippen molar-refractivity contribution in [1.29, 1.82) is 0 Å². The molecule has 1 unspecified atom stereocenters. The van der Waals surface area contributed by atoms with Gasteiger partial charge in [0.15, 0.2) is 0 Å². The Bertz CT molecular complexity index is 264. The van der Waals surface area contributed by atoms with Crippen LogP contribution in [0, 0.1) is 12.8 Å². The lowest BCUT2D eigenvalue weighted by atomic mass is 9.99. The van der Waals surface area contributed by atoms with Crippen LogP contribution in [0.3, 0.4) is 0 Å². The molecule has 0 amide bonds. The van der Waals surface area contributed by atoms with Crippen LogP contribution >= 0.6 is 0 Å². The highest BCUT2D eigenvalue weighted by atomic mass is 14.9. The van der Waals surface area contributed by atoms with Crippen LogP contribution in [0.4, 0.5) is 0 Å². The third-order valence-electron chi connectivity index (χ3n) is 2.58. The van der Waals surface area contributed by atoms with E-state index >= 15 is 0 Å². The Morgan fingerprint density at radius 2 is 2.07 bits per heavy atom. The van der Waals surface area contributed by atoms with Gasteiger partial charge in [-0.15, -0.1) is 0 Å². The molecule has 78 valence electrons. The molecule has 1 aromatic heterocycles. The summed E-state index contributed by atoms with van der Waals surface area (Å²) in [6, 6.07) is 4.75. The number of rotatable bonds is 4. The van der Waals surface area contributed by atoms with E-state index in [0.717, 1.165) is 6.42 Å². The number of hydrogen-bond acceptors (Lipinski definition) is 2. The molecular weight excluding hydrogens is 172 g/mol. The Hall–Kier alpha value is -0.890. The van der Waals surface area contributed by atoms with E-state index in [9.17, 15) is 0 Å². The zero-order valence-electron chi connectivity index (χ0n) is 9.54. The summed E-state index contributed by atoms with van der Waals surface area (Å²) in [6.45, 7) is 6.53. The van der Waals surface area contributed by atoms with Crippen LogP contribution in [0.5, 0.6) is 0 Å². The summed E-state index contributed by atoms with van der Waals surface area (Å²) >= 11 is 0. The van der Waals surface area contributed by atoms with Crippen LogP contribution < -0.4 is 5.32 Å². The van der Waals surface area contributed by atoms with Crippen LogP contribution in [0.1, 0.15) is 25.1 Å². The van der Waals surface area contributed by atoms with Crippen molar-refractivity contribution in [3.05, 3.63) is 29.6 Å². The van der Waals surface area contributed by atoms with Gasteiger partial charge in [-0.25, -0.2) is 0 Å². The molecule has 1 aromatic rings. The fourth-order valence-corrected chi connectivity index (χ4v) is 1.52. The average molecular weight is 192 g/mol. The van der Waals surface area contributed by atoms with E-state index in [-0.39, 0.29) is 0 Å². The van der Waals surface area contributed by atoms with E-state index in [1.165, 1.54) is 11.3 Å². The molecule has 0 saturated carbocycles. The second kappa shape index (κ2) is 5.11. The first-order chi connectivity index (χ1) is 6.63. The lowest BCUT2D eigenvalue weighted by Gasteiger charge is -2.19. The second-order valence-corrected chi connectivity index (χ2v) is 4.17. The van der Waals surface area contributed by atoms with Crippen molar-refractivity contribution in [3.63, 3.8) is 0 Å². The number of nitrogens with zero attached hydrogens (tertiary/aromatic N) is 1. The van der Waals surface area contributed by atoms with E-state index in [1.807, 2.05) is 13.2 Å². The number of likely N-dealkylation sites (N-methyl/N-ethyl adjacent to an activating group) is 1.